The van der Waals surface area contributed by atoms with Crippen molar-refractivity contribution in [3.05, 3.63) is 107 Å². The molecule has 5 heteroatoms. The number of hydrogen-bond acceptors (Lipinski definition) is 4. The van der Waals surface area contributed by atoms with E-state index in [4.69, 9.17) is 10.4 Å². The molecule has 29 heavy (non-hydrogen) atoms. The number of fused-ring (bicyclic) bond motifs is 1. The van der Waals surface area contributed by atoms with Crippen LogP contribution in [0.3, 0.4) is 0 Å². The Morgan fingerprint density at radius 3 is 2.28 bits per heavy atom. The van der Waals surface area contributed by atoms with Gasteiger partial charge in [0.15, 0.2) is 0 Å². The molecule has 1 atom stereocenters. The fourth-order valence-electron chi connectivity index (χ4n) is 3.79. The van der Waals surface area contributed by atoms with Crippen LogP contribution in [0.2, 0.25) is 0 Å². The van der Waals surface area contributed by atoms with Gasteiger partial charge in [-0.2, -0.15) is 0 Å². The van der Waals surface area contributed by atoms with E-state index in [-0.39, 0.29) is 5.76 Å². The molecule has 0 aliphatic carbocycles. The molecule has 0 saturated carbocycles. The van der Waals surface area contributed by atoms with E-state index in [1.54, 1.807) is 0 Å². The SMILES string of the molecule is N=C1C(c2nc3ccccc3s2)=C(O)[C@@H](c2ccccc2)N1Cc1ccccc1. The van der Waals surface area contributed by atoms with Crippen molar-refractivity contribution < 1.29 is 5.11 Å². The van der Waals surface area contributed by atoms with E-state index in [0.29, 0.717) is 23.0 Å². The molecule has 0 bridgehead atoms. The predicted octanol–water partition coefficient (Wildman–Crippen LogP) is 5.80. The summed E-state index contributed by atoms with van der Waals surface area (Å²) in [6.07, 6.45) is 0. The quantitative estimate of drug-likeness (QED) is 0.457. The van der Waals surface area contributed by atoms with Crippen LogP contribution in [-0.4, -0.2) is 20.8 Å². The van der Waals surface area contributed by atoms with Crippen molar-refractivity contribution in [3.63, 3.8) is 0 Å². The molecular weight excluding hydrogens is 378 g/mol. The molecule has 3 aromatic carbocycles. The number of hydrogen-bond donors (Lipinski definition) is 2. The van der Waals surface area contributed by atoms with Crippen molar-refractivity contribution in [2.45, 2.75) is 12.6 Å². The maximum Gasteiger partial charge on any atom is 0.135 e. The van der Waals surface area contributed by atoms with Gasteiger partial charge in [-0.1, -0.05) is 72.8 Å². The number of aliphatic hydroxyl groups excluding tert-OH is 1. The second-order valence-electron chi connectivity index (χ2n) is 7.02. The van der Waals surface area contributed by atoms with Gasteiger partial charge in [0.1, 0.15) is 22.6 Å². The number of para-hydroxylation sites is 1. The zero-order valence-corrected chi connectivity index (χ0v) is 16.4. The van der Waals surface area contributed by atoms with Gasteiger partial charge in [0, 0.05) is 6.54 Å². The zero-order valence-electron chi connectivity index (χ0n) is 15.6. The third kappa shape index (κ3) is 3.09. The van der Waals surface area contributed by atoms with E-state index in [9.17, 15) is 5.11 Å². The van der Waals surface area contributed by atoms with Crippen molar-refractivity contribution in [1.82, 2.24) is 9.88 Å². The normalized spacial score (nSPS) is 16.8. The van der Waals surface area contributed by atoms with Crippen LogP contribution < -0.4 is 0 Å². The Kier molecular flexibility index (Phi) is 4.37. The molecule has 2 N–H and O–H groups in total. The molecule has 0 amide bonds. The first-order chi connectivity index (χ1) is 14.2. The van der Waals surface area contributed by atoms with E-state index in [2.05, 4.69) is 0 Å². The maximum atomic E-state index is 11.3. The third-order valence-electron chi connectivity index (χ3n) is 5.17. The van der Waals surface area contributed by atoms with E-state index in [1.807, 2.05) is 89.8 Å². The Balaban J connectivity index is 1.62. The van der Waals surface area contributed by atoms with E-state index >= 15 is 0 Å². The van der Waals surface area contributed by atoms with Crippen LogP contribution in [0.1, 0.15) is 22.2 Å². The molecule has 1 aliphatic rings. The second-order valence-corrected chi connectivity index (χ2v) is 8.05. The lowest BCUT2D eigenvalue weighted by Gasteiger charge is -2.27. The third-order valence-corrected chi connectivity index (χ3v) is 6.22. The van der Waals surface area contributed by atoms with Gasteiger partial charge in [0.05, 0.1) is 15.8 Å². The average molecular weight is 398 g/mol. The minimum atomic E-state index is -0.397. The van der Waals surface area contributed by atoms with Gasteiger partial charge in [0.2, 0.25) is 0 Å². The molecule has 142 valence electrons. The lowest BCUT2D eigenvalue weighted by Crippen LogP contribution is -2.29. The lowest BCUT2D eigenvalue weighted by molar-refractivity contribution is 0.270. The summed E-state index contributed by atoms with van der Waals surface area (Å²) in [6.45, 7) is 0.539. The first-order valence-corrected chi connectivity index (χ1v) is 10.3. The monoisotopic (exact) mass is 397 g/mol. The van der Waals surface area contributed by atoms with Crippen LogP contribution in [0.5, 0.6) is 0 Å². The summed E-state index contributed by atoms with van der Waals surface area (Å²) in [7, 11) is 0. The van der Waals surface area contributed by atoms with Gasteiger partial charge >= 0.3 is 0 Å². The summed E-state index contributed by atoms with van der Waals surface area (Å²) in [5.41, 5.74) is 3.47. The van der Waals surface area contributed by atoms with Crippen LogP contribution in [0.25, 0.3) is 15.8 Å². The van der Waals surface area contributed by atoms with Crippen molar-refractivity contribution in [2.24, 2.45) is 0 Å². The largest absolute Gasteiger partial charge is 0.509 e. The zero-order chi connectivity index (χ0) is 19.8. The molecule has 4 aromatic rings. The summed E-state index contributed by atoms with van der Waals surface area (Å²) < 4.78 is 1.05. The van der Waals surface area contributed by atoms with Crippen molar-refractivity contribution in [3.8, 4) is 0 Å². The number of nitrogens with zero attached hydrogens (tertiary/aromatic N) is 2. The standard InChI is InChI=1S/C24H19N3OS/c25-23-20(24-26-18-13-7-8-14-19(18)29-24)22(28)21(17-11-5-2-6-12-17)27(23)15-16-9-3-1-4-10-16/h1-14,21,25,28H,15H2/t21-/m1/s1. The molecule has 0 radical (unpaired) electrons. The predicted molar refractivity (Wildman–Crippen MR) is 118 cm³/mol. The van der Waals surface area contributed by atoms with Crippen molar-refractivity contribution >= 4 is 33.0 Å². The van der Waals surface area contributed by atoms with Gasteiger partial charge < -0.3 is 10.0 Å². The Labute approximate surface area is 172 Å². The Hall–Kier alpha value is -3.44. The van der Waals surface area contributed by atoms with E-state index in [0.717, 1.165) is 21.3 Å². The Morgan fingerprint density at radius 1 is 0.897 bits per heavy atom. The minimum absolute atomic E-state index is 0.191. The van der Waals surface area contributed by atoms with Crippen LogP contribution in [0.4, 0.5) is 0 Å². The summed E-state index contributed by atoms with van der Waals surface area (Å²) in [5, 5.41) is 20.9. The number of aromatic nitrogens is 1. The molecule has 0 spiro atoms. The van der Waals surface area contributed by atoms with Gasteiger partial charge in [-0.15, -0.1) is 11.3 Å². The fraction of sp³-hybridized carbons (Fsp3) is 0.0833. The first kappa shape index (κ1) is 17.6. The topological polar surface area (TPSA) is 60.2 Å². The summed E-state index contributed by atoms with van der Waals surface area (Å²) in [4.78, 5) is 6.64. The summed E-state index contributed by atoms with van der Waals surface area (Å²) >= 11 is 1.51. The Bertz CT molecular complexity index is 1180. The molecule has 0 unspecified atom stereocenters. The van der Waals surface area contributed by atoms with Gasteiger partial charge in [-0.25, -0.2) is 4.98 Å². The highest BCUT2D eigenvalue weighted by Crippen LogP contribution is 2.43. The van der Waals surface area contributed by atoms with E-state index < -0.39 is 6.04 Å². The number of amidine groups is 1. The maximum absolute atomic E-state index is 11.3. The summed E-state index contributed by atoms with van der Waals surface area (Å²) in [5.74, 6) is 0.496. The molecule has 1 aliphatic heterocycles. The van der Waals surface area contributed by atoms with Crippen molar-refractivity contribution in [1.29, 1.82) is 5.41 Å². The van der Waals surface area contributed by atoms with Crippen LogP contribution >= 0.6 is 11.3 Å². The second kappa shape index (κ2) is 7.18. The molecule has 5 rings (SSSR count). The number of nitrogens with one attached hydrogen (secondary N) is 1. The van der Waals surface area contributed by atoms with Gasteiger partial charge in [0.25, 0.3) is 0 Å². The Morgan fingerprint density at radius 2 is 1.55 bits per heavy atom. The smallest absolute Gasteiger partial charge is 0.135 e. The average Bonchev–Trinajstić information content (AvgIpc) is 3.28. The number of benzene rings is 3. The molecule has 0 fully saturated rings. The van der Waals surface area contributed by atoms with E-state index in [1.165, 1.54) is 11.3 Å². The van der Waals surface area contributed by atoms with Gasteiger partial charge in [-0.3, -0.25) is 5.41 Å². The fourth-order valence-corrected chi connectivity index (χ4v) is 4.81. The number of rotatable bonds is 4. The molecule has 1 aromatic heterocycles. The van der Waals surface area contributed by atoms with Crippen LogP contribution in [0.15, 0.2) is 90.7 Å². The minimum Gasteiger partial charge on any atom is -0.509 e. The number of thiazole rings is 1. The first-order valence-electron chi connectivity index (χ1n) is 9.46. The summed E-state index contributed by atoms with van der Waals surface area (Å²) in [6, 6.07) is 27.4. The lowest BCUT2D eigenvalue weighted by atomic mass is 10.0. The highest BCUT2D eigenvalue weighted by molar-refractivity contribution is 7.19. The van der Waals surface area contributed by atoms with Crippen LogP contribution in [0, 0.1) is 5.41 Å². The van der Waals surface area contributed by atoms with Crippen molar-refractivity contribution in [2.75, 3.05) is 0 Å². The molecule has 0 saturated heterocycles. The number of aliphatic hydroxyl groups is 1. The highest BCUT2D eigenvalue weighted by atomic mass is 32.1. The highest BCUT2D eigenvalue weighted by Gasteiger charge is 2.39. The molecular formula is C24H19N3OS. The molecule has 4 nitrogen and oxygen atoms in total. The van der Waals surface area contributed by atoms with Crippen LogP contribution in [-0.2, 0) is 6.54 Å². The van der Waals surface area contributed by atoms with Gasteiger partial charge in [-0.05, 0) is 23.3 Å². The molecule has 2 heterocycles.